The Bertz CT molecular complexity index is 479. The summed E-state index contributed by atoms with van der Waals surface area (Å²) in [5, 5.41) is 0. The van der Waals surface area contributed by atoms with Crippen LogP contribution < -0.4 is 4.74 Å². The molecule has 1 saturated heterocycles. The molecule has 2 heterocycles. The van der Waals surface area contributed by atoms with Gasteiger partial charge in [-0.25, -0.2) is 9.37 Å². The first-order valence-electron chi connectivity index (χ1n) is 6.72. The van der Waals surface area contributed by atoms with E-state index in [4.69, 9.17) is 4.74 Å². The molecule has 0 saturated carbocycles. The van der Waals surface area contributed by atoms with E-state index in [-0.39, 0.29) is 10.8 Å². The molecule has 2 rings (SSSR count). The third-order valence-electron chi connectivity index (χ3n) is 3.34. The lowest BCUT2D eigenvalue weighted by atomic mass is 10.1. The number of hydrogen-bond acceptors (Lipinski definition) is 4. The molecule has 1 fully saturated rings. The Morgan fingerprint density at radius 3 is 2.80 bits per heavy atom. The minimum Gasteiger partial charge on any atom is -0.597 e. The van der Waals surface area contributed by atoms with E-state index in [0.29, 0.717) is 11.4 Å². The Kier molecular flexibility index (Phi) is 4.56. The normalized spacial score (nSPS) is 22.0. The second kappa shape index (κ2) is 5.87. The van der Waals surface area contributed by atoms with Crippen LogP contribution in [0.15, 0.2) is 12.3 Å². The highest BCUT2D eigenvalue weighted by Gasteiger charge is 2.42. The first-order chi connectivity index (χ1) is 9.34. The summed E-state index contributed by atoms with van der Waals surface area (Å²) >= 11 is -1.13. The predicted molar refractivity (Wildman–Crippen MR) is 77.3 cm³/mol. The van der Waals surface area contributed by atoms with E-state index in [1.807, 2.05) is 25.1 Å². The van der Waals surface area contributed by atoms with E-state index in [1.165, 1.54) is 13.2 Å². The van der Waals surface area contributed by atoms with E-state index in [1.54, 1.807) is 0 Å². The van der Waals surface area contributed by atoms with Crippen molar-refractivity contribution in [1.29, 1.82) is 0 Å². The largest absolute Gasteiger partial charge is 0.597 e. The highest BCUT2D eigenvalue weighted by Crippen LogP contribution is 2.40. The number of aromatic nitrogens is 1. The Morgan fingerprint density at radius 1 is 1.50 bits per heavy atom. The minimum atomic E-state index is -1.13. The summed E-state index contributed by atoms with van der Waals surface area (Å²) < 4.78 is 32.9. The molecule has 0 radical (unpaired) electrons. The van der Waals surface area contributed by atoms with Crippen LogP contribution in [-0.4, -0.2) is 32.2 Å². The number of halogens is 1. The lowest BCUT2D eigenvalue weighted by Crippen LogP contribution is -2.42. The summed E-state index contributed by atoms with van der Waals surface area (Å²) in [6, 6.07) is 1.34. The second-order valence-corrected chi connectivity index (χ2v) is 8.10. The number of pyridine rings is 1. The topological polar surface area (TPSA) is 48.4 Å². The molecule has 0 amide bonds. The molecule has 2 atom stereocenters. The van der Waals surface area contributed by atoms with Gasteiger partial charge < -0.3 is 9.29 Å². The molecule has 0 N–H and O–H groups in total. The van der Waals surface area contributed by atoms with Crippen LogP contribution in [-0.2, 0) is 11.4 Å². The molecule has 4 nitrogen and oxygen atoms in total. The van der Waals surface area contributed by atoms with Crippen LogP contribution in [0.25, 0.3) is 0 Å². The van der Waals surface area contributed by atoms with Gasteiger partial charge in [-0.15, -0.1) is 4.31 Å². The number of ether oxygens (including phenoxy) is 1. The van der Waals surface area contributed by atoms with Crippen molar-refractivity contribution in [1.82, 2.24) is 9.29 Å². The Labute approximate surface area is 122 Å². The number of methoxy groups -OCH3 is 1. The van der Waals surface area contributed by atoms with Gasteiger partial charge in [0.05, 0.1) is 19.3 Å². The average molecular weight is 300 g/mol. The number of nitrogens with zero attached hydrogens (tertiary/aromatic N) is 2. The molecular weight excluding hydrogens is 279 g/mol. The van der Waals surface area contributed by atoms with Gasteiger partial charge in [-0.05, 0) is 39.7 Å². The zero-order chi connectivity index (χ0) is 14.9. The molecule has 6 heteroatoms. The van der Waals surface area contributed by atoms with Crippen molar-refractivity contribution in [2.45, 2.75) is 44.4 Å². The lowest BCUT2D eigenvalue weighted by molar-refractivity contribution is 0.348. The number of hydrogen-bond donors (Lipinski definition) is 0. The Hall–Kier alpha value is -0.850. The summed E-state index contributed by atoms with van der Waals surface area (Å²) in [7, 11) is 1.52. The van der Waals surface area contributed by atoms with Crippen LogP contribution >= 0.6 is 0 Å². The molecule has 20 heavy (non-hydrogen) atoms. The van der Waals surface area contributed by atoms with E-state index < -0.39 is 17.2 Å². The van der Waals surface area contributed by atoms with Crippen LogP contribution in [0.2, 0.25) is 0 Å². The van der Waals surface area contributed by atoms with Gasteiger partial charge in [-0.2, -0.15) is 0 Å². The summed E-state index contributed by atoms with van der Waals surface area (Å²) in [6.07, 6.45) is 2.91. The molecular formula is C14H21FN2O2S. The first kappa shape index (κ1) is 15.5. The standard InChI is InChI=1S/C14H21FN2O2S/c1-14(2,3)20(18)17-7-5-6-12(17)11-8-10(15)9-16-13(11)19-4/h8-9,12H,5-7H2,1-4H3/t12?,20-/m1/s1. The highest BCUT2D eigenvalue weighted by molar-refractivity contribution is 7.90. The zero-order valence-electron chi connectivity index (χ0n) is 12.4. The van der Waals surface area contributed by atoms with Crippen molar-refractivity contribution in [2.75, 3.05) is 13.7 Å². The average Bonchev–Trinajstić information content (AvgIpc) is 2.85. The molecule has 1 aromatic rings. The molecule has 112 valence electrons. The van der Waals surface area contributed by atoms with Gasteiger partial charge in [0, 0.05) is 23.5 Å². The zero-order valence-corrected chi connectivity index (χ0v) is 13.2. The fourth-order valence-electron chi connectivity index (χ4n) is 2.45. The van der Waals surface area contributed by atoms with Crippen molar-refractivity contribution in [3.05, 3.63) is 23.6 Å². The van der Waals surface area contributed by atoms with Crippen LogP contribution in [0.4, 0.5) is 4.39 Å². The summed E-state index contributed by atoms with van der Waals surface area (Å²) in [5.41, 5.74) is 0.683. The molecule has 1 aliphatic rings. The fourth-order valence-corrected chi connectivity index (χ4v) is 3.90. The second-order valence-electron chi connectivity index (χ2n) is 5.91. The Morgan fingerprint density at radius 2 is 2.20 bits per heavy atom. The molecule has 1 aromatic heterocycles. The third kappa shape index (κ3) is 3.07. The van der Waals surface area contributed by atoms with Crippen molar-refractivity contribution >= 4 is 11.4 Å². The van der Waals surface area contributed by atoms with Gasteiger partial charge in [0.15, 0.2) is 0 Å². The predicted octanol–water partition coefficient (Wildman–Crippen LogP) is 2.83. The summed E-state index contributed by atoms with van der Waals surface area (Å²) in [4.78, 5) is 3.97. The fraction of sp³-hybridized carbons (Fsp3) is 0.643. The molecule has 1 unspecified atom stereocenters. The lowest BCUT2D eigenvalue weighted by Gasteiger charge is -2.33. The van der Waals surface area contributed by atoms with Crippen molar-refractivity contribution < 1.29 is 13.7 Å². The van der Waals surface area contributed by atoms with Crippen LogP contribution in [0.1, 0.15) is 45.2 Å². The van der Waals surface area contributed by atoms with E-state index in [9.17, 15) is 8.94 Å². The number of rotatable bonds is 3. The first-order valence-corrected chi connectivity index (χ1v) is 7.83. The Balaban J connectivity index is 2.34. The third-order valence-corrected chi connectivity index (χ3v) is 5.25. The maximum atomic E-state index is 13.5. The quantitative estimate of drug-likeness (QED) is 0.805. The molecule has 0 aromatic carbocycles. The van der Waals surface area contributed by atoms with Gasteiger partial charge in [-0.3, -0.25) is 0 Å². The summed E-state index contributed by atoms with van der Waals surface area (Å²) in [6.45, 7) is 6.58. The van der Waals surface area contributed by atoms with Gasteiger partial charge in [0.25, 0.3) is 0 Å². The van der Waals surface area contributed by atoms with Crippen molar-refractivity contribution in [3.63, 3.8) is 0 Å². The van der Waals surface area contributed by atoms with Gasteiger partial charge in [-0.1, -0.05) is 0 Å². The van der Waals surface area contributed by atoms with Crippen LogP contribution in [0.3, 0.4) is 0 Å². The van der Waals surface area contributed by atoms with Gasteiger partial charge >= 0.3 is 0 Å². The molecule has 0 aliphatic carbocycles. The van der Waals surface area contributed by atoms with E-state index in [0.717, 1.165) is 25.6 Å². The maximum absolute atomic E-state index is 13.5. The van der Waals surface area contributed by atoms with E-state index >= 15 is 0 Å². The van der Waals surface area contributed by atoms with Crippen LogP contribution in [0, 0.1) is 5.82 Å². The monoisotopic (exact) mass is 300 g/mol. The smallest absolute Gasteiger partial charge is 0.218 e. The highest BCUT2D eigenvalue weighted by atomic mass is 32.2. The molecule has 1 aliphatic heterocycles. The van der Waals surface area contributed by atoms with Crippen LogP contribution in [0.5, 0.6) is 5.88 Å². The maximum Gasteiger partial charge on any atom is 0.218 e. The van der Waals surface area contributed by atoms with E-state index in [2.05, 4.69) is 4.98 Å². The minimum absolute atomic E-state index is 0.104. The van der Waals surface area contributed by atoms with Gasteiger partial charge in [0.1, 0.15) is 10.6 Å². The van der Waals surface area contributed by atoms with Crippen molar-refractivity contribution in [3.8, 4) is 5.88 Å². The van der Waals surface area contributed by atoms with Crippen molar-refractivity contribution in [2.24, 2.45) is 0 Å². The van der Waals surface area contributed by atoms with Gasteiger partial charge in [0.2, 0.25) is 5.88 Å². The summed E-state index contributed by atoms with van der Waals surface area (Å²) in [5.74, 6) is 0.0170. The molecule has 0 spiro atoms. The molecule has 0 bridgehead atoms. The SMILES string of the molecule is COc1ncc(F)cc1C1CCCN1[S@+]([O-])C(C)(C)C.